The van der Waals surface area contributed by atoms with Crippen LogP contribution in [0.3, 0.4) is 0 Å². The van der Waals surface area contributed by atoms with Gasteiger partial charge in [0.15, 0.2) is 0 Å². The van der Waals surface area contributed by atoms with Gasteiger partial charge in [-0.2, -0.15) is 0 Å². The van der Waals surface area contributed by atoms with Crippen LogP contribution >= 0.6 is 0 Å². The molecule has 0 N–H and O–H groups in total. The Hall–Kier alpha value is -5.14. The summed E-state index contributed by atoms with van der Waals surface area (Å²) in [6.45, 7) is 6.95. The van der Waals surface area contributed by atoms with Gasteiger partial charge in [0, 0.05) is 22.7 Å². The van der Waals surface area contributed by atoms with Crippen LogP contribution in [0.2, 0.25) is 0 Å². The highest BCUT2D eigenvalue weighted by Gasteiger charge is 2.36. The number of hydrogen-bond acceptors (Lipinski definition) is 1. The Bertz CT molecular complexity index is 2070. The topological polar surface area (TPSA) is 3.24 Å². The quantitative estimate of drug-likeness (QED) is 0.186. The highest BCUT2D eigenvalue weighted by atomic mass is 15.2. The van der Waals surface area contributed by atoms with E-state index in [-0.39, 0.29) is 11.5 Å². The van der Waals surface area contributed by atoms with Crippen molar-refractivity contribution in [2.24, 2.45) is 5.92 Å². The Balaban J connectivity index is 1.17. The second-order valence-corrected chi connectivity index (χ2v) is 13.8. The van der Waals surface area contributed by atoms with Crippen molar-refractivity contribution in [3.8, 4) is 33.4 Å². The molecule has 47 heavy (non-hydrogen) atoms. The number of fused-ring (bicyclic) bond motifs is 3. The minimum Gasteiger partial charge on any atom is -0.334 e. The molecule has 0 heterocycles. The van der Waals surface area contributed by atoms with E-state index in [1.54, 1.807) is 0 Å². The molecule has 230 valence electrons. The van der Waals surface area contributed by atoms with Crippen LogP contribution in [0.25, 0.3) is 33.4 Å². The van der Waals surface area contributed by atoms with Gasteiger partial charge in [-0.05, 0) is 100 Å². The summed E-state index contributed by atoms with van der Waals surface area (Å²) in [5.41, 5.74) is 15.6. The molecule has 0 bridgehead atoms. The summed E-state index contributed by atoms with van der Waals surface area (Å²) in [6.07, 6.45) is 18.3. The van der Waals surface area contributed by atoms with Crippen LogP contribution in [0, 0.1) is 12.8 Å². The maximum atomic E-state index is 2.55. The molecule has 0 saturated heterocycles. The van der Waals surface area contributed by atoms with Crippen LogP contribution in [0.5, 0.6) is 0 Å². The Labute approximate surface area is 279 Å². The molecule has 2 unspecified atom stereocenters. The van der Waals surface area contributed by atoms with Gasteiger partial charge in [-0.1, -0.05) is 147 Å². The van der Waals surface area contributed by atoms with Gasteiger partial charge in [0.2, 0.25) is 0 Å². The van der Waals surface area contributed by atoms with E-state index in [1.807, 2.05) is 0 Å². The van der Waals surface area contributed by atoms with Crippen LogP contribution in [0.15, 0.2) is 163 Å². The first-order valence-corrected chi connectivity index (χ1v) is 17.0. The van der Waals surface area contributed by atoms with Gasteiger partial charge in [0.05, 0.1) is 6.04 Å². The minimum absolute atomic E-state index is 0.111. The fraction of sp³-hybridized carbons (Fsp3) is 0.174. The number of hydrogen-bond donors (Lipinski definition) is 0. The molecule has 1 heteroatoms. The fourth-order valence-corrected chi connectivity index (χ4v) is 7.78. The zero-order chi connectivity index (χ0) is 32.0. The Kier molecular flexibility index (Phi) is 7.41. The van der Waals surface area contributed by atoms with E-state index >= 15 is 0 Å². The highest BCUT2D eigenvalue weighted by Crippen LogP contribution is 2.51. The summed E-state index contributed by atoms with van der Waals surface area (Å²) >= 11 is 0. The summed E-state index contributed by atoms with van der Waals surface area (Å²) in [5, 5.41) is 0. The van der Waals surface area contributed by atoms with E-state index in [0.29, 0.717) is 5.92 Å². The van der Waals surface area contributed by atoms with Gasteiger partial charge in [0.25, 0.3) is 0 Å². The van der Waals surface area contributed by atoms with E-state index in [4.69, 9.17) is 0 Å². The van der Waals surface area contributed by atoms with Crippen molar-refractivity contribution in [1.82, 2.24) is 0 Å². The summed E-state index contributed by atoms with van der Waals surface area (Å²) in [7, 11) is 0. The average molecular weight is 608 g/mol. The molecule has 5 aromatic carbocycles. The first-order valence-electron chi connectivity index (χ1n) is 17.0. The van der Waals surface area contributed by atoms with E-state index in [1.165, 1.54) is 67.0 Å². The van der Waals surface area contributed by atoms with Gasteiger partial charge in [-0.3, -0.25) is 0 Å². The lowest BCUT2D eigenvalue weighted by atomic mass is 9.81. The smallest absolute Gasteiger partial charge is 0.0560 e. The lowest BCUT2D eigenvalue weighted by molar-refractivity contribution is 0.659. The first-order chi connectivity index (χ1) is 23.0. The molecular formula is C46H41N. The summed E-state index contributed by atoms with van der Waals surface area (Å²) in [4.78, 5) is 2.55. The van der Waals surface area contributed by atoms with Crippen molar-refractivity contribution in [3.05, 3.63) is 180 Å². The summed E-state index contributed by atoms with van der Waals surface area (Å²) in [6, 6.07) is 43.1. The molecule has 8 rings (SSSR count). The molecule has 1 nitrogen and oxygen atoms in total. The van der Waals surface area contributed by atoms with Crippen molar-refractivity contribution in [1.29, 1.82) is 0 Å². The lowest BCUT2D eigenvalue weighted by Gasteiger charge is -2.35. The minimum atomic E-state index is -0.111. The van der Waals surface area contributed by atoms with Gasteiger partial charge in [0.1, 0.15) is 0 Å². The molecule has 0 radical (unpaired) electrons. The lowest BCUT2D eigenvalue weighted by Crippen LogP contribution is -2.31. The van der Waals surface area contributed by atoms with Gasteiger partial charge in [-0.25, -0.2) is 0 Å². The molecule has 0 saturated carbocycles. The molecule has 0 aliphatic heterocycles. The SMILES string of the molecule is Cc1cccc(-c2ccc3c(c2)C(C)(C)c2cc(N(c4ccc(-c5ccccc5)cc4)C4C=CC(C5C=CC=CC5)=CC4)ccc2-3)c1. The van der Waals surface area contributed by atoms with Crippen LogP contribution in [0.1, 0.15) is 43.4 Å². The predicted molar refractivity (Wildman–Crippen MR) is 200 cm³/mol. The number of nitrogens with zero attached hydrogens (tertiary/aromatic N) is 1. The molecule has 3 aliphatic rings. The normalized spacial score (nSPS) is 18.8. The van der Waals surface area contributed by atoms with E-state index in [0.717, 1.165) is 12.8 Å². The maximum absolute atomic E-state index is 2.55. The maximum Gasteiger partial charge on any atom is 0.0560 e. The van der Waals surface area contributed by atoms with Crippen molar-refractivity contribution < 1.29 is 0 Å². The van der Waals surface area contributed by atoms with E-state index < -0.39 is 0 Å². The number of aryl methyl sites for hydroxylation is 1. The van der Waals surface area contributed by atoms with Gasteiger partial charge >= 0.3 is 0 Å². The Morgan fingerprint density at radius 1 is 0.596 bits per heavy atom. The standard InChI is InChI=1S/C46H41N/c1-32-11-10-16-37(29-32)38-21-27-42-43-28-26-41(31-45(43)46(2,3)44(42)30-38)47(39-22-17-35(18-23-39)33-12-6-4-7-13-33)40-24-19-36(20-25-40)34-14-8-5-9-15-34/h4-14,16-24,26-31,34,40H,15,25H2,1-3H3. The van der Waals surface area contributed by atoms with Crippen molar-refractivity contribution >= 4 is 11.4 Å². The molecule has 0 spiro atoms. The van der Waals surface area contributed by atoms with Crippen LogP contribution in [-0.4, -0.2) is 6.04 Å². The van der Waals surface area contributed by atoms with Crippen LogP contribution < -0.4 is 4.90 Å². The number of anilines is 2. The van der Waals surface area contributed by atoms with Crippen LogP contribution in [0.4, 0.5) is 11.4 Å². The molecule has 2 atom stereocenters. The predicted octanol–water partition coefficient (Wildman–Crippen LogP) is 12.2. The largest absolute Gasteiger partial charge is 0.334 e. The fourth-order valence-electron chi connectivity index (χ4n) is 7.78. The van der Waals surface area contributed by atoms with Gasteiger partial charge in [-0.15, -0.1) is 0 Å². The average Bonchev–Trinajstić information content (AvgIpc) is 3.35. The number of allylic oxidation sites excluding steroid dienone is 6. The molecule has 3 aliphatic carbocycles. The van der Waals surface area contributed by atoms with Crippen molar-refractivity contribution in [3.63, 3.8) is 0 Å². The summed E-state index contributed by atoms with van der Waals surface area (Å²) in [5.74, 6) is 0.472. The molecule has 0 amide bonds. The van der Waals surface area contributed by atoms with Crippen molar-refractivity contribution in [2.45, 2.75) is 45.1 Å². The third-order valence-corrected chi connectivity index (χ3v) is 10.4. The Morgan fingerprint density at radius 2 is 1.28 bits per heavy atom. The number of rotatable bonds is 6. The molecule has 0 fully saturated rings. The zero-order valence-electron chi connectivity index (χ0n) is 27.5. The second kappa shape index (κ2) is 11.9. The Morgan fingerprint density at radius 3 is 2.00 bits per heavy atom. The molecular weight excluding hydrogens is 567 g/mol. The monoisotopic (exact) mass is 607 g/mol. The van der Waals surface area contributed by atoms with E-state index in [9.17, 15) is 0 Å². The van der Waals surface area contributed by atoms with E-state index in [2.05, 4.69) is 183 Å². The molecule has 0 aromatic heterocycles. The van der Waals surface area contributed by atoms with Crippen LogP contribution in [-0.2, 0) is 5.41 Å². The number of benzene rings is 5. The highest BCUT2D eigenvalue weighted by molar-refractivity contribution is 5.86. The third-order valence-electron chi connectivity index (χ3n) is 10.4. The van der Waals surface area contributed by atoms with Crippen molar-refractivity contribution in [2.75, 3.05) is 4.90 Å². The molecule has 5 aromatic rings. The second-order valence-electron chi connectivity index (χ2n) is 13.8. The summed E-state index contributed by atoms with van der Waals surface area (Å²) < 4.78 is 0. The third kappa shape index (κ3) is 5.40. The van der Waals surface area contributed by atoms with Gasteiger partial charge < -0.3 is 4.90 Å². The first kappa shape index (κ1) is 29.3. The zero-order valence-corrected chi connectivity index (χ0v) is 27.5.